The van der Waals surface area contributed by atoms with Crippen LogP contribution in [0.3, 0.4) is 0 Å². The number of ether oxygens (including phenoxy) is 1. The SMILES string of the molecule is COc1ccc(Cl)cc1NC(=O)C1CC(C(C)O)NC12C(=O)Nc1ccc(Br)cc12. The van der Waals surface area contributed by atoms with Crippen LogP contribution in [-0.4, -0.2) is 36.2 Å². The van der Waals surface area contributed by atoms with Gasteiger partial charge < -0.3 is 20.5 Å². The Bertz CT molecular complexity index is 1030. The Morgan fingerprint density at radius 2 is 2.13 bits per heavy atom. The van der Waals surface area contributed by atoms with Gasteiger partial charge in [-0.15, -0.1) is 0 Å². The normalized spacial score (nSPS) is 25.7. The van der Waals surface area contributed by atoms with E-state index in [4.69, 9.17) is 16.3 Å². The van der Waals surface area contributed by atoms with Crippen molar-refractivity contribution in [2.24, 2.45) is 5.92 Å². The zero-order valence-electron chi connectivity index (χ0n) is 16.3. The second kappa shape index (κ2) is 7.85. The summed E-state index contributed by atoms with van der Waals surface area (Å²) in [6.45, 7) is 1.64. The van der Waals surface area contributed by atoms with Crippen molar-refractivity contribution >= 4 is 50.7 Å². The highest BCUT2D eigenvalue weighted by molar-refractivity contribution is 9.10. The topological polar surface area (TPSA) is 99.7 Å². The zero-order chi connectivity index (χ0) is 21.6. The second-order valence-corrected chi connectivity index (χ2v) is 8.92. The van der Waals surface area contributed by atoms with Crippen LogP contribution in [0, 0.1) is 5.92 Å². The maximum Gasteiger partial charge on any atom is 0.250 e. The number of hydrogen-bond acceptors (Lipinski definition) is 5. The predicted molar refractivity (Wildman–Crippen MR) is 118 cm³/mol. The van der Waals surface area contributed by atoms with E-state index in [-0.39, 0.29) is 18.2 Å². The molecule has 2 heterocycles. The first-order valence-electron chi connectivity index (χ1n) is 9.48. The van der Waals surface area contributed by atoms with Crippen molar-refractivity contribution < 1.29 is 19.4 Å². The lowest BCUT2D eigenvalue weighted by atomic mass is 9.79. The average Bonchev–Trinajstić information content (AvgIpc) is 3.23. The standard InChI is InChI=1S/C21H21BrClN3O4/c1-10(27)16-9-14(19(28)24-17-8-12(23)4-6-18(17)30-2)21(26-16)13-7-11(22)3-5-15(13)25-20(21)29/h3-8,10,14,16,26-27H,9H2,1-2H3,(H,24,28)(H,25,29). The van der Waals surface area contributed by atoms with Crippen molar-refractivity contribution in [3.05, 3.63) is 51.5 Å². The Hall–Kier alpha value is -2.13. The largest absolute Gasteiger partial charge is 0.495 e. The first-order chi connectivity index (χ1) is 14.3. The predicted octanol–water partition coefficient (Wildman–Crippen LogP) is 3.26. The van der Waals surface area contributed by atoms with E-state index in [0.717, 1.165) is 4.47 Å². The number of anilines is 2. The lowest BCUT2D eigenvalue weighted by Gasteiger charge is -2.29. The molecule has 4 rings (SSSR count). The van der Waals surface area contributed by atoms with E-state index >= 15 is 0 Å². The lowest BCUT2D eigenvalue weighted by Crippen LogP contribution is -2.53. The van der Waals surface area contributed by atoms with Crippen LogP contribution in [0.2, 0.25) is 5.02 Å². The van der Waals surface area contributed by atoms with Gasteiger partial charge in [0, 0.05) is 26.8 Å². The highest BCUT2D eigenvalue weighted by atomic mass is 79.9. The number of benzene rings is 2. The number of carbonyl (C=O) groups excluding carboxylic acids is 2. The number of hydrogen-bond donors (Lipinski definition) is 4. The molecule has 0 aliphatic carbocycles. The molecule has 1 spiro atoms. The van der Waals surface area contributed by atoms with Gasteiger partial charge in [-0.05, 0) is 49.7 Å². The van der Waals surface area contributed by atoms with Crippen LogP contribution in [-0.2, 0) is 15.1 Å². The van der Waals surface area contributed by atoms with Gasteiger partial charge in [0.25, 0.3) is 0 Å². The summed E-state index contributed by atoms with van der Waals surface area (Å²) in [4.78, 5) is 26.6. The molecule has 0 aromatic heterocycles. The number of aliphatic hydroxyl groups excluding tert-OH is 1. The minimum absolute atomic E-state index is 0.283. The van der Waals surface area contributed by atoms with Gasteiger partial charge in [-0.1, -0.05) is 27.5 Å². The Labute approximate surface area is 187 Å². The van der Waals surface area contributed by atoms with E-state index < -0.39 is 23.6 Å². The number of fused-ring (bicyclic) bond motifs is 2. The molecule has 0 bridgehead atoms. The Kier molecular flexibility index (Phi) is 5.52. The van der Waals surface area contributed by atoms with E-state index in [1.165, 1.54) is 7.11 Å². The molecule has 30 heavy (non-hydrogen) atoms. The number of rotatable bonds is 4. The molecular weight excluding hydrogens is 474 g/mol. The first-order valence-corrected chi connectivity index (χ1v) is 10.6. The molecular formula is C21H21BrClN3O4. The van der Waals surface area contributed by atoms with Crippen molar-refractivity contribution in [2.45, 2.75) is 31.0 Å². The molecule has 2 aliphatic heterocycles. The molecule has 7 nitrogen and oxygen atoms in total. The van der Waals surface area contributed by atoms with Gasteiger partial charge in [-0.2, -0.15) is 0 Å². The molecule has 0 saturated carbocycles. The molecule has 2 aromatic carbocycles. The van der Waals surface area contributed by atoms with Crippen LogP contribution in [0.5, 0.6) is 5.75 Å². The fraction of sp³-hybridized carbons (Fsp3) is 0.333. The third-order valence-electron chi connectivity index (χ3n) is 5.76. The molecule has 9 heteroatoms. The van der Waals surface area contributed by atoms with Gasteiger partial charge >= 0.3 is 0 Å². The summed E-state index contributed by atoms with van der Waals surface area (Å²) in [5, 5.41) is 19.6. The maximum atomic E-state index is 13.4. The van der Waals surface area contributed by atoms with Gasteiger partial charge in [-0.25, -0.2) is 0 Å². The van der Waals surface area contributed by atoms with Gasteiger partial charge in [0.2, 0.25) is 11.8 Å². The Balaban J connectivity index is 1.76. The molecule has 2 aliphatic rings. The smallest absolute Gasteiger partial charge is 0.250 e. The molecule has 2 amide bonds. The highest BCUT2D eigenvalue weighted by Crippen LogP contribution is 2.48. The molecule has 1 fully saturated rings. The number of nitrogens with one attached hydrogen (secondary N) is 3. The summed E-state index contributed by atoms with van der Waals surface area (Å²) in [5.74, 6) is -0.999. The Morgan fingerprint density at radius 3 is 2.83 bits per heavy atom. The number of aliphatic hydroxyl groups is 1. The van der Waals surface area contributed by atoms with Crippen molar-refractivity contribution in [2.75, 3.05) is 17.7 Å². The first kappa shape index (κ1) is 21.1. The van der Waals surface area contributed by atoms with Gasteiger partial charge in [0.1, 0.15) is 11.3 Å². The average molecular weight is 495 g/mol. The van der Waals surface area contributed by atoms with Crippen LogP contribution in [0.25, 0.3) is 0 Å². The number of methoxy groups -OCH3 is 1. The minimum atomic E-state index is -1.29. The number of amides is 2. The van der Waals surface area contributed by atoms with E-state index in [1.54, 1.807) is 31.2 Å². The van der Waals surface area contributed by atoms with Crippen LogP contribution in [0.4, 0.5) is 11.4 Å². The third kappa shape index (κ3) is 3.37. The monoisotopic (exact) mass is 493 g/mol. The summed E-state index contributed by atoms with van der Waals surface area (Å²) in [6, 6.07) is 9.93. The van der Waals surface area contributed by atoms with E-state index in [0.29, 0.717) is 27.7 Å². The van der Waals surface area contributed by atoms with Crippen molar-refractivity contribution in [3.8, 4) is 5.75 Å². The van der Waals surface area contributed by atoms with E-state index in [9.17, 15) is 14.7 Å². The number of halogens is 2. The minimum Gasteiger partial charge on any atom is -0.495 e. The van der Waals surface area contributed by atoms with Crippen LogP contribution in [0.1, 0.15) is 18.9 Å². The molecule has 1 saturated heterocycles. The maximum absolute atomic E-state index is 13.4. The fourth-order valence-corrected chi connectivity index (χ4v) is 4.82. The number of carbonyl (C=O) groups is 2. The summed E-state index contributed by atoms with van der Waals surface area (Å²) < 4.78 is 6.11. The molecule has 2 aromatic rings. The summed E-state index contributed by atoms with van der Waals surface area (Å²) in [6.07, 6.45) is -0.462. The van der Waals surface area contributed by atoms with E-state index in [1.807, 2.05) is 12.1 Å². The molecule has 0 radical (unpaired) electrons. The quantitative estimate of drug-likeness (QED) is 0.523. The molecule has 4 unspecified atom stereocenters. The molecule has 4 N–H and O–H groups in total. The Morgan fingerprint density at radius 1 is 1.37 bits per heavy atom. The lowest BCUT2D eigenvalue weighted by molar-refractivity contribution is -0.130. The zero-order valence-corrected chi connectivity index (χ0v) is 18.7. The fourth-order valence-electron chi connectivity index (χ4n) is 4.29. The molecule has 158 valence electrons. The highest BCUT2D eigenvalue weighted by Gasteiger charge is 2.60. The van der Waals surface area contributed by atoms with Gasteiger partial charge in [0.05, 0.1) is 24.8 Å². The van der Waals surface area contributed by atoms with Gasteiger partial charge in [-0.3, -0.25) is 14.9 Å². The van der Waals surface area contributed by atoms with Crippen LogP contribution in [0.15, 0.2) is 40.9 Å². The summed E-state index contributed by atoms with van der Waals surface area (Å²) >= 11 is 9.54. The second-order valence-electron chi connectivity index (χ2n) is 7.57. The molecule has 4 atom stereocenters. The third-order valence-corrected chi connectivity index (χ3v) is 6.48. The summed E-state index contributed by atoms with van der Waals surface area (Å²) in [7, 11) is 1.50. The van der Waals surface area contributed by atoms with Crippen LogP contribution < -0.4 is 20.7 Å². The van der Waals surface area contributed by atoms with Crippen molar-refractivity contribution in [1.29, 1.82) is 0 Å². The van der Waals surface area contributed by atoms with Crippen LogP contribution >= 0.6 is 27.5 Å². The van der Waals surface area contributed by atoms with Gasteiger partial charge in [0.15, 0.2) is 0 Å². The van der Waals surface area contributed by atoms with Crippen molar-refractivity contribution in [3.63, 3.8) is 0 Å². The summed E-state index contributed by atoms with van der Waals surface area (Å²) in [5.41, 5.74) is 0.429. The van der Waals surface area contributed by atoms with E-state index in [2.05, 4.69) is 31.9 Å². The van der Waals surface area contributed by atoms with Crippen molar-refractivity contribution in [1.82, 2.24) is 5.32 Å².